The Balaban J connectivity index is 1.55. The van der Waals surface area contributed by atoms with Crippen LogP contribution in [0.4, 0.5) is 0 Å². The maximum atomic E-state index is 12.8. The van der Waals surface area contributed by atoms with Gasteiger partial charge in [0.15, 0.2) is 0 Å². The summed E-state index contributed by atoms with van der Waals surface area (Å²) in [5.41, 5.74) is 4.96. The summed E-state index contributed by atoms with van der Waals surface area (Å²) in [5, 5.41) is 3.97. The molecule has 3 aliphatic rings. The molecule has 30 heavy (non-hydrogen) atoms. The second-order valence-electron chi connectivity index (χ2n) is 8.68. The number of benzene rings is 1. The molecular formula is C23H24BrClIN3O. The Labute approximate surface area is 204 Å². The zero-order valence-electron chi connectivity index (χ0n) is 16.6. The summed E-state index contributed by atoms with van der Waals surface area (Å²) in [6.45, 7) is 1.74. The third-order valence-electron chi connectivity index (χ3n) is 6.46. The molecule has 2 heterocycles. The molecule has 158 valence electrons. The molecule has 1 amide bonds. The number of pyridine rings is 1. The van der Waals surface area contributed by atoms with Crippen molar-refractivity contribution in [1.82, 2.24) is 15.2 Å². The van der Waals surface area contributed by atoms with Gasteiger partial charge in [-0.3, -0.25) is 14.7 Å². The van der Waals surface area contributed by atoms with Gasteiger partial charge in [-0.2, -0.15) is 0 Å². The molecule has 0 spiro atoms. The van der Waals surface area contributed by atoms with Gasteiger partial charge in [-0.25, -0.2) is 0 Å². The number of carbonyl (C=O) groups is 1. The maximum absolute atomic E-state index is 12.8. The lowest BCUT2D eigenvalue weighted by molar-refractivity contribution is -0.127. The highest BCUT2D eigenvalue weighted by Crippen LogP contribution is 2.42. The number of nitrogens with zero attached hydrogens (tertiary/aromatic N) is 2. The summed E-state index contributed by atoms with van der Waals surface area (Å²) in [6, 6.07) is 6.81. The van der Waals surface area contributed by atoms with Crippen LogP contribution in [0.25, 0.3) is 0 Å². The van der Waals surface area contributed by atoms with Crippen molar-refractivity contribution in [3.63, 3.8) is 0 Å². The first kappa shape index (κ1) is 21.2. The Morgan fingerprint density at radius 1 is 1.20 bits per heavy atom. The van der Waals surface area contributed by atoms with Crippen molar-refractivity contribution in [2.45, 2.75) is 50.6 Å². The molecule has 7 heteroatoms. The van der Waals surface area contributed by atoms with Crippen LogP contribution in [0.3, 0.4) is 0 Å². The SMILES string of the molecule is O=C(NC1CC1)[C@@H]1CCCN(C2c3ncc(I)cc3CCc3cc(Cl)cc(Br)c32)C1. The molecular weight excluding hydrogens is 577 g/mol. The van der Waals surface area contributed by atoms with Gasteiger partial charge in [-0.15, -0.1) is 0 Å². The number of likely N-dealkylation sites (tertiary alicyclic amines) is 1. The summed E-state index contributed by atoms with van der Waals surface area (Å²) in [4.78, 5) is 20.2. The van der Waals surface area contributed by atoms with E-state index in [0.29, 0.717) is 6.04 Å². The molecule has 0 radical (unpaired) electrons. The average molecular weight is 601 g/mol. The number of aryl methyl sites for hydroxylation is 2. The quantitative estimate of drug-likeness (QED) is 0.488. The third kappa shape index (κ3) is 4.30. The molecule has 2 aromatic rings. The summed E-state index contributed by atoms with van der Waals surface area (Å²) in [5.74, 6) is 0.270. The van der Waals surface area contributed by atoms with Gasteiger partial charge in [0.2, 0.25) is 5.91 Å². The molecule has 1 aromatic carbocycles. The smallest absolute Gasteiger partial charge is 0.224 e. The lowest BCUT2D eigenvalue weighted by Gasteiger charge is -2.38. The van der Waals surface area contributed by atoms with E-state index < -0.39 is 0 Å². The highest BCUT2D eigenvalue weighted by Gasteiger charge is 2.37. The van der Waals surface area contributed by atoms with Crippen molar-refractivity contribution < 1.29 is 4.79 Å². The van der Waals surface area contributed by atoms with Crippen LogP contribution in [-0.4, -0.2) is 34.9 Å². The lowest BCUT2D eigenvalue weighted by atomic mass is 9.91. The van der Waals surface area contributed by atoms with Crippen LogP contribution in [0.2, 0.25) is 5.02 Å². The molecule has 1 saturated carbocycles. The van der Waals surface area contributed by atoms with Gasteiger partial charge in [0.25, 0.3) is 0 Å². The van der Waals surface area contributed by atoms with E-state index in [-0.39, 0.29) is 17.9 Å². The standard InChI is InChI=1S/C23H24BrClIN3O/c24-19-10-16(25)8-13-3-4-14-9-17(26)11-27-21(14)22(20(13)19)29-7-1-2-15(12-29)23(30)28-18-5-6-18/h8-11,15,18,22H,1-7,12H2,(H,28,30)/t15-,22?/m1/s1. The maximum Gasteiger partial charge on any atom is 0.224 e. The van der Waals surface area contributed by atoms with Crippen molar-refractivity contribution in [2.75, 3.05) is 13.1 Å². The van der Waals surface area contributed by atoms with Crippen LogP contribution in [0.15, 0.2) is 28.9 Å². The number of rotatable bonds is 3. The Kier molecular flexibility index (Phi) is 6.12. The largest absolute Gasteiger partial charge is 0.353 e. The minimum atomic E-state index is 0.0395. The number of piperidine rings is 1. The van der Waals surface area contributed by atoms with Crippen molar-refractivity contribution in [3.8, 4) is 0 Å². The summed E-state index contributed by atoms with van der Waals surface area (Å²) in [6.07, 6.45) is 8.10. The van der Waals surface area contributed by atoms with E-state index in [9.17, 15) is 4.79 Å². The molecule has 2 atom stereocenters. The molecule has 1 unspecified atom stereocenters. The Bertz CT molecular complexity index is 997. The Hall–Kier alpha value is -0.700. The third-order valence-corrected chi connectivity index (χ3v) is 7.92. The minimum Gasteiger partial charge on any atom is -0.353 e. The highest BCUT2D eigenvalue weighted by molar-refractivity contribution is 14.1. The minimum absolute atomic E-state index is 0.0395. The fraction of sp³-hybridized carbons (Fsp3) is 0.478. The van der Waals surface area contributed by atoms with Crippen LogP contribution in [0, 0.1) is 9.49 Å². The van der Waals surface area contributed by atoms with Crippen LogP contribution < -0.4 is 5.32 Å². The molecule has 5 rings (SSSR count). The molecule has 2 aliphatic carbocycles. The van der Waals surface area contributed by atoms with Gasteiger partial charge < -0.3 is 5.32 Å². The summed E-state index contributed by atoms with van der Waals surface area (Å²) >= 11 is 12.6. The number of carbonyl (C=O) groups excluding carboxylic acids is 1. The molecule has 2 fully saturated rings. The van der Waals surface area contributed by atoms with Crippen LogP contribution in [0.1, 0.15) is 54.1 Å². The second kappa shape index (κ2) is 8.68. The topological polar surface area (TPSA) is 45.2 Å². The van der Waals surface area contributed by atoms with Crippen LogP contribution >= 0.6 is 50.1 Å². The highest BCUT2D eigenvalue weighted by atomic mass is 127. The van der Waals surface area contributed by atoms with E-state index in [2.05, 4.69) is 60.9 Å². The van der Waals surface area contributed by atoms with Gasteiger partial charge in [-0.1, -0.05) is 27.5 Å². The van der Waals surface area contributed by atoms with Gasteiger partial charge in [-0.05, 0) is 103 Å². The Morgan fingerprint density at radius 2 is 2.00 bits per heavy atom. The molecule has 1 saturated heterocycles. The molecule has 4 nitrogen and oxygen atoms in total. The van der Waals surface area contributed by atoms with Crippen molar-refractivity contribution in [1.29, 1.82) is 0 Å². The number of amides is 1. The van der Waals surface area contributed by atoms with E-state index >= 15 is 0 Å². The van der Waals surface area contributed by atoms with Crippen molar-refractivity contribution in [2.24, 2.45) is 5.92 Å². The number of aromatic nitrogens is 1. The first-order valence-corrected chi connectivity index (χ1v) is 12.9. The predicted molar refractivity (Wildman–Crippen MR) is 131 cm³/mol. The van der Waals surface area contributed by atoms with E-state index in [0.717, 1.165) is 70.4 Å². The predicted octanol–water partition coefficient (Wildman–Crippen LogP) is 5.28. The average Bonchev–Trinajstić information content (AvgIpc) is 3.54. The van der Waals surface area contributed by atoms with Crippen LogP contribution in [-0.2, 0) is 17.6 Å². The van der Waals surface area contributed by atoms with E-state index in [1.54, 1.807) is 0 Å². The molecule has 1 aromatic heterocycles. The van der Waals surface area contributed by atoms with Gasteiger partial charge >= 0.3 is 0 Å². The zero-order valence-corrected chi connectivity index (χ0v) is 21.1. The normalized spacial score (nSPS) is 24.0. The van der Waals surface area contributed by atoms with Crippen molar-refractivity contribution in [3.05, 3.63) is 59.8 Å². The first-order chi connectivity index (χ1) is 14.5. The monoisotopic (exact) mass is 599 g/mol. The van der Waals surface area contributed by atoms with Crippen molar-refractivity contribution >= 4 is 56.0 Å². The van der Waals surface area contributed by atoms with Gasteiger partial charge in [0.1, 0.15) is 0 Å². The van der Waals surface area contributed by atoms with E-state index in [1.807, 2.05) is 12.3 Å². The summed E-state index contributed by atoms with van der Waals surface area (Å²) in [7, 11) is 0. The number of hydrogen-bond donors (Lipinski definition) is 1. The zero-order chi connectivity index (χ0) is 20.8. The van der Waals surface area contributed by atoms with Gasteiger partial charge in [0, 0.05) is 31.8 Å². The van der Waals surface area contributed by atoms with Crippen LogP contribution in [0.5, 0.6) is 0 Å². The molecule has 1 aliphatic heterocycles. The number of halogens is 3. The number of nitrogens with one attached hydrogen (secondary N) is 1. The van der Waals surface area contributed by atoms with E-state index in [1.165, 1.54) is 16.7 Å². The molecule has 0 bridgehead atoms. The molecule has 1 N–H and O–H groups in total. The van der Waals surface area contributed by atoms with E-state index in [4.69, 9.17) is 16.6 Å². The lowest BCUT2D eigenvalue weighted by Crippen LogP contribution is -2.45. The van der Waals surface area contributed by atoms with Gasteiger partial charge in [0.05, 0.1) is 17.7 Å². The Morgan fingerprint density at radius 3 is 2.80 bits per heavy atom. The second-order valence-corrected chi connectivity index (χ2v) is 11.2. The fourth-order valence-corrected chi connectivity index (χ4v) is 6.46. The number of hydrogen-bond acceptors (Lipinski definition) is 3. The number of fused-ring (bicyclic) bond motifs is 2. The summed E-state index contributed by atoms with van der Waals surface area (Å²) < 4.78 is 2.20. The first-order valence-electron chi connectivity index (χ1n) is 10.7. The fourth-order valence-electron chi connectivity index (χ4n) is 4.85.